The first-order valence-electron chi connectivity index (χ1n) is 7.97. The number of rotatable bonds is 0. The second kappa shape index (κ2) is 4.22. The average molecular weight is 249 g/mol. The minimum Gasteiger partial charge on any atom is -0.339 e. The summed E-state index contributed by atoms with van der Waals surface area (Å²) < 4.78 is 0. The Labute approximate surface area is 110 Å². The van der Waals surface area contributed by atoms with Gasteiger partial charge in [-0.15, -0.1) is 0 Å². The molecule has 4 heterocycles. The van der Waals surface area contributed by atoms with Gasteiger partial charge in [-0.25, -0.2) is 0 Å². The maximum atomic E-state index is 12.1. The van der Waals surface area contributed by atoms with Crippen molar-refractivity contribution in [1.82, 2.24) is 4.90 Å². The summed E-state index contributed by atoms with van der Waals surface area (Å²) >= 11 is 0. The summed E-state index contributed by atoms with van der Waals surface area (Å²) in [5, 5.41) is 0. The number of piperidine rings is 4. The highest BCUT2D eigenvalue weighted by molar-refractivity contribution is 5.77. The molecule has 4 aliphatic rings. The maximum Gasteiger partial charge on any atom is 0.222 e. The van der Waals surface area contributed by atoms with Crippen molar-refractivity contribution in [3.63, 3.8) is 0 Å². The highest BCUT2D eigenvalue weighted by Crippen LogP contribution is 2.37. The van der Waals surface area contributed by atoms with E-state index in [0.717, 1.165) is 37.3 Å². The molecule has 3 nitrogen and oxygen atoms in total. The van der Waals surface area contributed by atoms with Gasteiger partial charge in [-0.05, 0) is 38.5 Å². The van der Waals surface area contributed by atoms with Crippen molar-refractivity contribution in [1.29, 1.82) is 0 Å². The molecule has 1 amide bonds. The van der Waals surface area contributed by atoms with Gasteiger partial charge < -0.3 is 9.80 Å². The van der Waals surface area contributed by atoms with E-state index < -0.39 is 0 Å². The Morgan fingerprint density at radius 1 is 1.11 bits per heavy atom. The molecule has 1 N–H and O–H groups in total. The normalized spacial score (nSPS) is 47.4. The molecule has 0 aliphatic carbocycles. The molecule has 18 heavy (non-hydrogen) atoms. The Bertz CT molecular complexity index is 356. The monoisotopic (exact) mass is 249 g/mol. The van der Waals surface area contributed by atoms with Gasteiger partial charge in [0.25, 0.3) is 0 Å². The summed E-state index contributed by atoms with van der Waals surface area (Å²) in [6, 6.07) is 1.49. The lowest BCUT2D eigenvalue weighted by Gasteiger charge is -2.54. The van der Waals surface area contributed by atoms with Crippen molar-refractivity contribution in [3.8, 4) is 0 Å². The predicted molar refractivity (Wildman–Crippen MR) is 69.3 cm³/mol. The van der Waals surface area contributed by atoms with Crippen molar-refractivity contribution >= 4 is 5.91 Å². The average Bonchev–Trinajstić information content (AvgIpc) is 2.40. The fourth-order valence-electron chi connectivity index (χ4n) is 5.32. The molecule has 1 unspecified atom stereocenters. The molecule has 2 bridgehead atoms. The Morgan fingerprint density at radius 3 is 3.00 bits per heavy atom. The zero-order valence-corrected chi connectivity index (χ0v) is 11.2. The van der Waals surface area contributed by atoms with E-state index in [2.05, 4.69) is 4.90 Å². The molecule has 4 aliphatic heterocycles. The van der Waals surface area contributed by atoms with Crippen LogP contribution in [0.15, 0.2) is 0 Å². The van der Waals surface area contributed by atoms with Crippen LogP contribution in [0.5, 0.6) is 0 Å². The van der Waals surface area contributed by atoms with E-state index in [9.17, 15) is 4.79 Å². The molecule has 0 saturated carbocycles. The summed E-state index contributed by atoms with van der Waals surface area (Å²) in [5.41, 5.74) is 0. The van der Waals surface area contributed by atoms with E-state index in [1.54, 1.807) is 0 Å². The number of fused-ring (bicyclic) bond motifs is 6. The summed E-state index contributed by atoms with van der Waals surface area (Å²) in [5.74, 6) is 2.09. The second-order valence-electron chi connectivity index (χ2n) is 6.98. The fourth-order valence-corrected chi connectivity index (χ4v) is 5.32. The van der Waals surface area contributed by atoms with Crippen molar-refractivity contribution in [2.75, 3.05) is 19.6 Å². The summed E-state index contributed by atoms with van der Waals surface area (Å²) in [6.07, 6.45) is 8.92. The van der Waals surface area contributed by atoms with Crippen LogP contribution < -0.4 is 4.90 Å². The zero-order chi connectivity index (χ0) is 12.1. The zero-order valence-electron chi connectivity index (χ0n) is 11.2. The SMILES string of the molecule is O=C1CCC[C@@H]2[C@H]3C[C@@H](CN12)[C@@H]1CCCC[NH+]1C3. The minimum atomic E-state index is 0.459. The van der Waals surface area contributed by atoms with Gasteiger partial charge in [0.05, 0.1) is 19.1 Å². The molecule has 3 heteroatoms. The highest BCUT2D eigenvalue weighted by atomic mass is 16.2. The van der Waals surface area contributed by atoms with Crippen molar-refractivity contribution < 1.29 is 9.69 Å². The fraction of sp³-hybridized carbons (Fsp3) is 0.933. The third-order valence-corrected chi connectivity index (χ3v) is 6.07. The van der Waals surface area contributed by atoms with Crippen LogP contribution in [-0.2, 0) is 4.79 Å². The maximum absolute atomic E-state index is 12.1. The standard InChI is InChI=1S/C15H24N2O/c18-15-6-3-5-14-11-8-12(10-17(14)15)13-4-1-2-7-16(13)9-11/h11-14H,1-10H2/p+1/t11-,12-,13-,14+/m0/s1. The molecular formula is C15H25N2O+. The number of carbonyl (C=O) groups excluding carboxylic acids is 1. The van der Waals surface area contributed by atoms with Gasteiger partial charge >= 0.3 is 0 Å². The van der Waals surface area contributed by atoms with Crippen LogP contribution in [0.3, 0.4) is 0 Å². The first-order chi connectivity index (χ1) is 8.83. The van der Waals surface area contributed by atoms with Crippen LogP contribution in [0.2, 0.25) is 0 Å². The summed E-state index contributed by atoms with van der Waals surface area (Å²) in [7, 11) is 0. The number of hydrogen-bond donors (Lipinski definition) is 1. The topological polar surface area (TPSA) is 24.8 Å². The Balaban J connectivity index is 1.59. The minimum absolute atomic E-state index is 0.459. The number of nitrogens with zero attached hydrogens (tertiary/aromatic N) is 1. The van der Waals surface area contributed by atoms with Crippen LogP contribution in [0.4, 0.5) is 0 Å². The number of amides is 1. The van der Waals surface area contributed by atoms with Gasteiger partial charge in [-0.3, -0.25) is 4.79 Å². The van der Waals surface area contributed by atoms with Crippen LogP contribution in [0, 0.1) is 11.8 Å². The van der Waals surface area contributed by atoms with Gasteiger partial charge in [0.1, 0.15) is 0 Å². The lowest BCUT2D eigenvalue weighted by Crippen LogP contribution is -3.19. The van der Waals surface area contributed by atoms with E-state index in [4.69, 9.17) is 0 Å². The first kappa shape index (κ1) is 11.3. The smallest absolute Gasteiger partial charge is 0.222 e. The summed E-state index contributed by atoms with van der Waals surface area (Å²) in [6.45, 7) is 3.85. The van der Waals surface area contributed by atoms with Crippen LogP contribution in [0.1, 0.15) is 44.9 Å². The third-order valence-electron chi connectivity index (χ3n) is 6.07. The van der Waals surface area contributed by atoms with E-state index in [0.29, 0.717) is 11.9 Å². The molecule has 0 spiro atoms. The first-order valence-corrected chi connectivity index (χ1v) is 7.97. The van der Waals surface area contributed by atoms with E-state index >= 15 is 0 Å². The van der Waals surface area contributed by atoms with Gasteiger partial charge in [-0.1, -0.05) is 0 Å². The molecule has 5 atom stereocenters. The van der Waals surface area contributed by atoms with Crippen LogP contribution in [-0.4, -0.2) is 42.5 Å². The lowest BCUT2D eigenvalue weighted by atomic mass is 9.71. The predicted octanol–water partition coefficient (Wildman–Crippen LogP) is 0.455. The third kappa shape index (κ3) is 1.63. The van der Waals surface area contributed by atoms with E-state index in [1.807, 2.05) is 4.90 Å². The Kier molecular flexibility index (Phi) is 2.65. The van der Waals surface area contributed by atoms with E-state index in [1.165, 1.54) is 45.2 Å². The number of carbonyl (C=O) groups is 1. The molecule has 4 fully saturated rings. The van der Waals surface area contributed by atoms with Gasteiger partial charge in [-0.2, -0.15) is 0 Å². The van der Waals surface area contributed by atoms with Crippen molar-refractivity contribution in [3.05, 3.63) is 0 Å². The van der Waals surface area contributed by atoms with Crippen LogP contribution >= 0.6 is 0 Å². The van der Waals surface area contributed by atoms with E-state index in [-0.39, 0.29) is 0 Å². The largest absolute Gasteiger partial charge is 0.339 e. The Hall–Kier alpha value is -0.570. The molecule has 0 aromatic carbocycles. The lowest BCUT2D eigenvalue weighted by molar-refractivity contribution is -0.945. The molecule has 100 valence electrons. The molecule has 4 saturated heterocycles. The van der Waals surface area contributed by atoms with Crippen LogP contribution in [0.25, 0.3) is 0 Å². The molecule has 0 radical (unpaired) electrons. The van der Waals surface area contributed by atoms with Gasteiger partial charge in [0, 0.05) is 30.8 Å². The molecule has 4 rings (SSSR count). The summed E-state index contributed by atoms with van der Waals surface area (Å²) in [4.78, 5) is 16.3. The quantitative estimate of drug-likeness (QED) is 0.662. The molecule has 0 aromatic heterocycles. The van der Waals surface area contributed by atoms with Crippen molar-refractivity contribution in [2.24, 2.45) is 11.8 Å². The van der Waals surface area contributed by atoms with Gasteiger partial charge in [0.2, 0.25) is 5.91 Å². The second-order valence-corrected chi connectivity index (χ2v) is 6.98. The number of hydrogen-bond acceptors (Lipinski definition) is 1. The van der Waals surface area contributed by atoms with Crippen molar-refractivity contribution in [2.45, 2.75) is 57.0 Å². The van der Waals surface area contributed by atoms with Gasteiger partial charge in [0.15, 0.2) is 0 Å². The molecule has 0 aromatic rings. The highest BCUT2D eigenvalue weighted by Gasteiger charge is 2.50. The molecular weight excluding hydrogens is 224 g/mol. The Morgan fingerprint density at radius 2 is 2.06 bits per heavy atom. The number of quaternary nitrogens is 1. The number of nitrogens with one attached hydrogen (secondary N) is 1.